The number of amides is 2. The average Bonchev–Trinajstić information content (AvgIpc) is 2.67. The van der Waals surface area contributed by atoms with E-state index in [1.54, 1.807) is 24.4 Å². The van der Waals surface area contributed by atoms with Gasteiger partial charge in [-0.3, -0.25) is 19.6 Å². The Hall–Kier alpha value is -3.46. The fourth-order valence-electron chi connectivity index (χ4n) is 2.27. The van der Waals surface area contributed by atoms with Crippen LogP contribution in [0, 0.1) is 0 Å². The van der Waals surface area contributed by atoms with Crippen LogP contribution in [0.3, 0.4) is 0 Å². The van der Waals surface area contributed by atoms with E-state index in [0.29, 0.717) is 5.75 Å². The van der Waals surface area contributed by atoms with Crippen molar-refractivity contribution in [2.75, 3.05) is 6.61 Å². The van der Waals surface area contributed by atoms with Gasteiger partial charge in [0, 0.05) is 24.2 Å². The molecule has 2 aromatic heterocycles. The van der Waals surface area contributed by atoms with Gasteiger partial charge >= 0.3 is 0 Å². The van der Waals surface area contributed by atoms with E-state index in [2.05, 4.69) is 15.3 Å². The summed E-state index contributed by atoms with van der Waals surface area (Å²) in [6.45, 7) is 2.42. The van der Waals surface area contributed by atoms with Crippen molar-refractivity contribution >= 4 is 17.4 Å². The monoisotopic (exact) mass is 385 g/mol. The van der Waals surface area contributed by atoms with Crippen LogP contribution in [0.25, 0.3) is 5.57 Å². The summed E-state index contributed by atoms with van der Waals surface area (Å²) in [6.07, 6.45) is 3.13. The molecule has 28 heavy (non-hydrogen) atoms. The second kappa shape index (κ2) is 8.96. The molecule has 2 heterocycles. The minimum absolute atomic E-state index is 0.0456. The lowest BCUT2D eigenvalue weighted by Crippen LogP contribution is -2.58. The van der Waals surface area contributed by atoms with E-state index in [1.165, 1.54) is 20.0 Å². The highest BCUT2D eigenvalue weighted by Crippen LogP contribution is 2.21. The third-order valence-electron chi connectivity index (χ3n) is 3.97. The Morgan fingerprint density at radius 2 is 1.96 bits per heavy atom. The molecular weight excluding hydrogens is 362 g/mol. The number of hydrogen-bond acceptors (Lipinski definition) is 7. The maximum Gasteiger partial charge on any atom is 0.256 e. The van der Waals surface area contributed by atoms with Crippen LogP contribution >= 0.6 is 0 Å². The van der Waals surface area contributed by atoms with Crippen LogP contribution < -0.4 is 21.5 Å². The van der Waals surface area contributed by atoms with Gasteiger partial charge in [0.1, 0.15) is 17.9 Å². The predicted octanol–water partition coefficient (Wildman–Crippen LogP) is 0.0978. The van der Waals surface area contributed by atoms with E-state index >= 15 is 0 Å². The fraction of sp³-hybridized carbons (Fsp3) is 0.263. The van der Waals surface area contributed by atoms with E-state index in [0.717, 1.165) is 5.69 Å². The first-order valence-corrected chi connectivity index (χ1v) is 8.45. The second-order valence-corrected chi connectivity index (χ2v) is 6.35. The molecular formula is C19H23N5O4. The molecule has 9 nitrogen and oxygen atoms in total. The lowest BCUT2D eigenvalue weighted by molar-refractivity contribution is -0.130. The fourth-order valence-corrected chi connectivity index (χ4v) is 2.27. The lowest BCUT2D eigenvalue weighted by Gasteiger charge is -2.25. The number of carbonyl (C=O) groups excluding carboxylic acids is 2. The van der Waals surface area contributed by atoms with Gasteiger partial charge in [-0.2, -0.15) is 0 Å². The Morgan fingerprint density at radius 3 is 2.54 bits per heavy atom. The number of ether oxygens (including phenoxy) is 1. The number of allylic oxidation sites excluding steroid dienone is 1. The van der Waals surface area contributed by atoms with E-state index < -0.39 is 24.0 Å². The Balaban J connectivity index is 2.23. The minimum Gasteiger partial charge on any atom is -0.487 e. The van der Waals surface area contributed by atoms with Crippen LogP contribution in [-0.2, 0) is 16.2 Å². The van der Waals surface area contributed by atoms with Crippen molar-refractivity contribution in [2.24, 2.45) is 11.5 Å². The zero-order valence-electron chi connectivity index (χ0n) is 15.7. The molecule has 2 amide bonds. The molecule has 148 valence electrons. The van der Waals surface area contributed by atoms with Gasteiger partial charge in [-0.1, -0.05) is 6.07 Å². The second-order valence-electron chi connectivity index (χ2n) is 6.35. The first kappa shape index (κ1) is 20.8. The molecule has 6 N–H and O–H groups in total. The molecule has 0 aliphatic carbocycles. The van der Waals surface area contributed by atoms with Gasteiger partial charge in [0.15, 0.2) is 0 Å². The number of aliphatic hydroxyl groups excluding tert-OH is 1. The number of aromatic nitrogens is 2. The summed E-state index contributed by atoms with van der Waals surface area (Å²) in [5, 5.41) is 11.8. The van der Waals surface area contributed by atoms with Crippen molar-refractivity contribution in [3.05, 3.63) is 59.8 Å². The lowest BCUT2D eigenvalue weighted by atomic mass is 10.0. The number of rotatable bonds is 8. The number of pyridine rings is 2. The van der Waals surface area contributed by atoms with Crippen LogP contribution in [0.5, 0.6) is 5.75 Å². The highest BCUT2D eigenvalue weighted by atomic mass is 16.5. The van der Waals surface area contributed by atoms with Crippen molar-refractivity contribution in [2.45, 2.75) is 26.0 Å². The first-order valence-electron chi connectivity index (χ1n) is 8.45. The van der Waals surface area contributed by atoms with Gasteiger partial charge in [0.05, 0.1) is 23.6 Å². The van der Waals surface area contributed by atoms with Gasteiger partial charge in [-0.25, -0.2) is 0 Å². The summed E-state index contributed by atoms with van der Waals surface area (Å²) < 4.78 is 5.69. The van der Waals surface area contributed by atoms with Crippen molar-refractivity contribution in [3.8, 4) is 5.75 Å². The molecule has 0 saturated heterocycles. The number of hydrogen-bond donors (Lipinski definition) is 4. The molecule has 0 radical (unpaired) electrons. The van der Waals surface area contributed by atoms with E-state index in [1.807, 2.05) is 12.1 Å². The normalized spacial score (nSPS) is 13.8. The standard InChI is InChI=1S/C19H23N5O4/c1-12(20)16(17(26)24-19(2,11-25)18(21)27)15-9-14(6-8-23-15)28-10-13-5-3-4-7-22-13/h3-9,25H,10-11,20H2,1-2H3,(H2,21,27)(H,24,26)/b16-12+. The first-order chi connectivity index (χ1) is 13.3. The van der Waals surface area contributed by atoms with E-state index in [-0.39, 0.29) is 23.6 Å². The quantitative estimate of drug-likeness (QED) is 0.470. The molecule has 2 aromatic rings. The number of primary amides is 1. The zero-order valence-corrected chi connectivity index (χ0v) is 15.7. The van der Waals surface area contributed by atoms with Crippen molar-refractivity contribution < 1.29 is 19.4 Å². The molecule has 0 aliphatic rings. The maximum absolute atomic E-state index is 12.7. The summed E-state index contributed by atoms with van der Waals surface area (Å²) >= 11 is 0. The van der Waals surface area contributed by atoms with Crippen molar-refractivity contribution in [1.29, 1.82) is 0 Å². The molecule has 0 bridgehead atoms. The summed E-state index contributed by atoms with van der Waals surface area (Å²) in [5.41, 5.74) is 10.7. The molecule has 1 unspecified atom stereocenters. The highest BCUT2D eigenvalue weighted by molar-refractivity contribution is 6.20. The smallest absolute Gasteiger partial charge is 0.256 e. The summed E-state index contributed by atoms with van der Waals surface area (Å²) in [5.74, 6) is -1.11. The van der Waals surface area contributed by atoms with Gasteiger partial charge in [-0.05, 0) is 32.0 Å². The molecule has 0 fully saturated rings. The van der Waals surface area contributed by atoms with Crippen LogP contribution in [0.1, 0.15) is 25.2 Å². The van der Waals surface area contributed by atoms with Crippen molar-refractivity contribution in [1.82, 2.24) is 15.3 Å². The number of carbonyl (C=O) groups is 2. The Bertz CT molecular complexity index is 881. The molecule has 1 atom stereocenters. The summed E-state index contributed by atoms with van der Waals surface area (Å²) in [6, 6.07) is 8.66. The highest BCUT2D eigenvalue weighted by Gasteiger charge is 2.34. The van der Waals surface area contributed by atoms with Gasteiger partial charge in [0.2, 0.25) is 5.91 Å². The number of aliphatic hydroxyl groups is 1. The Kier molecular flexibility index (Phi) is 6.67. The zero-order chi connectivity index (χ0) is 20.7. The Labute approximate surface area is 162 Å². The average molecular weight is 385 g/mol. The largest absolute Gasteiger partial charge is 0.487 e. The summed E-state index contributed by atoms with van der Waals surface area (Å²) in [7, 11) is 0. The Morgan fingerprint density at radius 1 is 1.21 bits per heavy atom. The number of nitrogens with one attached hydrogen (secondary N) is 1. The molecule has 9 heteroatoms. The predicted molar refractivity (Wildman–Crippen MR) is 102 cm³/mol. The van der Waals surface area contributed by atoms with E-state index in [4.69, 9.17) is 16.2 Å². The maximum atomic E-state index is 12.7. The molecule has 2 rings (SSSR count). The molecule has 0 spiro atoms. The summed E-state index contributed by atoms with van der Waals surface area (Å²) in [4.78, 5) is 32.6. The van der Waals surface area contributed by atoms with Crippen LogP contribution in [0.15, 0.2) is 48.4 Å². The topological polar surface area (TPSA) is 153 Å². The van der Waals surface area contributed by atoms with Gasteiger partial charge < -0.3 is 26.6 Å². The minimum atomic E-state index is -1.63. The third kappa shape index (κ3) is 5.04. The van der Waals surface area contributed by atoms with Crippen LogP contribution in [-0.4, -0.2) is 39.0 Å². The molecule has 0 aromatic carbocycles. The van der Waals surface area contributed by atoms with Crippen LogP contribution in [0.4, 0.5) is 0 Å². The SMILES string of the molecule is C/C(N)=C(\C(=O)NC(C)(CO)C(N)=O)c1cc(OCc2ccccn2)ccn1. The van der Waals surface area contributed by atoms with Crippen LogP contribution in [0.2, 0.25) is 0 Å². The number of nitrogens with zero attached hydrogens (tertiary/aromatic N) is 2. The number of nitrogens with two attached hydrogens (primary N) is 2. The third-order valence-corrected chi connectivity index (χ3v) is 3.97. The van der Waals surface area contributed by atoms with Crippen molar-refractivity contribution in [3.63, 3.8) is 0 Å². The molecule has 0 aliphatic heterocycles. The van der Waals surface area contributed by atoms with E-state index in [9.17, 15) is 14.7 Å². The van der Waals surface area contributed by atoms with Gasteiger partial charge in [-0.15, -0.1) is 0 Å². The molecule has 0 saturated carbocycles. The van der Waals surface area contributed by atoms with Gasteiger partial charge in [0.25, 0.3) is 5.91 Å².